The van der Waals surface area contributed by atoms with E-state index in [0.717, 1.165) is 24.2 Å². The molecule has 1 fully saturated rings. The summed E-state index contributed by atoms with van der Waals surface area (Å²) in [6, 6.07) is 0. The molecule has 1 nitrogen and oxygen atoms in total. The summed E-state index contributed by atoms with van der Waals surface area (Å²) < 4.78 is 0. The lowest BCUT2D eigenvalue weighted by Gasteiger charge is -2.20. The Morgan fingerprint density at radius 2 is 1.61 bits per heavy atom. The normalized spacial score (nSPS) is 22.9. The summed E-state index contributed by atoms with van der Waals surface area (Å²) in [4.78, 5) is 0. The Morgan fingerprint density at radius 3 is 2.30 bits per heavy atom. The Labute approximate surface area is 146 Å². The number of hydrogen-bond acceptors (Lipinski definition) is 1. The van der Waals surface area contributed by atoms with Crippen LogP contribution in [0.25, 0.3) is 0 Å². The van der Waals surface area contributed by atoms with E-state index in [1.165, 1.54) is 83.5 Å². The minimum atomic E-state index is 0.195. The van der Waals surface area contributed by atoms with Gasteiger partial charge in [-0.3, -0.25) is 0 Å². The Hall–Kier alpha value is -0.300. The zero-order valence-corrected chi connectivity index (χ0v) is 15.9. The lowest BCUT2D eigenvalue weighted by atomic mass is 9.85. The second kappa shape index (κ2) is 14.1. The molecule has 0 radical (unpaired) electrons. The zero-order valence-electron chi connectivity index (χ0n) is 15.9. The van der Waals surface area contributed by atoms with Crippen LogP contribution >= 0.6 is 0 Å². The van der Waals surface area contributed by atoms with Crippen LogP contribution in [-0.2, 0) is 0 Å². The molecule has 0 aromatic rings. The van der Waals surface area contributed by atoms with E-state index in [-0.39, 0.29) is 6.61 Å². The van der Waals surface area contributed by atoms with E-state index in [2.05, 4.69) is 19.9 Å². The second-order valence-electron chi connectivity index (χ2n) is 7.92. The standard InChI is InChI=1S/C22H42O/c1-3-4-13-20(2)14-11-16-22-18-12-17-21(22)15-9-7-5-6-8-10-19-23/h8,10,20-23H,3-7,9,11-19H2,1-2H3/b10-8+/t20?,21-,22-/m0/s1. The molecule has 1 heteroatoms. The van der Waals surface area contributed by atoms with E-state index >= 15 is 0 Å². The lowest BCUT2D eigenvalue weighted by Crippen LogP contribution is -2.08. The average molecular weight is 323 g/mol. The van der Waals surface area contributed by atoms with Gasteiger partial charge in [0.1, 0.15) is 0 Å². The van der Waals surface area contributed by atoms with Crippen LogP contribution in [0.2, 0.25) is 0 Å². The molecule has 136 valence electrons. The topological polar surface area (TPSA) is 20.2 Å². The fourth-order valence-corrected chi connectivity index (χ4v) is 4.34. The fourth-order valence-electron chi connectivity index (χ4n) is 4.34. The van der Waals surface area contributed by atoms with Crippen molar-refractivity contribution in [1.29, 1.82) is 0 Å². The number of aliphatic hydroxyl groups is 1. The first-order valence-corrected chi connectivity index (χ1v) is 10.5. The van der Waals surface area contributed by atoms with Crippen LogP contribution in [0.1, 0.15) is 104 Å². The van der Waals surface area contributed by atoms with Gasteiger partial charge in [-0.1, -0.05) is 103 Å². The first kappa shape index (κ1) is 20.7. The quantitative estimate of drug-likeness (QED) is 0.272. The minimum absolute atomic E-state index is 0.195. The van der Waals surface area contributed by atoms with Crippen LogP contribution in [0.15, 0.2) is 12.2 Å². The van der Waals surface area contributed by atoms with Gasteiger partial charge in [-0.15, -0.1) is 0 Å². The van der Waals surface area contributed by atoms with Crippen LogP contribution in [0.5, 0.6) is 0 Å². The molecule has 0 bridgehead atoms. The molecular formula is C22H42O. The third kappa shape index (κ3) is 10.2. The molecule has 0 aromatic heterocycles. The van der Waals surface area contributed by atoms with Crippen LogP contribution in [0.4, 0.5) is 0 Å². The summed E-state index contributed by atoms with van der Waals surface area (Å²) in [6.07, 6.45) is 23.8. The van der Waals surface area contributed by atoms with Gasteiger partial charge in [-0.2, -0.15) is 0 Å². The van der Waals surface area contributed by atoms with Crippen LogP contribution in [0.3, 0.4) is 0 Å². The Morgan fingerprint density at radius 1 is 0.913 bits per heavy atom. The molecule has 1 aliphatic carbocycles. The zero-order chi connectivity index (χ0) is 16.8. The third-order valence-corrected chi connectivity index (χ3v) is 5.86. The van der Waals surface area contributed by atoms with Crippen LogP contribution in [-0.4, -0.2) is 11.7 Å². The van der Waals surface area contributed by atoms with Gasteiger partial charge >= 0.3 is 0 Å². The molecule has 0 aliphatic heterocycles. The molecule has 0 saturated heterocycles. The van der Waals surface area contributed by atoms with Crippen molar-refractivity contribution in [3.05, 3.63) is 12.2 Å². The summed E-state index contributed by atoms with van der Waals surface area (Å²) >= 11 is 0. The molecule has 23 heavy (non-hydrogen) atoms. The number of aliphatic hydroxyl groups excluding tert-OH is 1. The van der Waals surface area contributed by atoms with Gasteiger partial charge in [-0.05, 0) is 30.6 Å². The fraction of sp³-hybridized carbons (Fsp3) is 0.909. The highest BCUT2D eigenvalue weighted by molar-refractivity contribution is 4.81. The maximum atomic E-state index is 8.70. The summed E-state index contributed by atoms with van der Waals surface area (Å²) in [7, 11) is 0. The van der Waals surface area contributed by atoms with Crippen molar-refractivity contribution in [2.75, 3.05) is 6.61 Å². The Bertz CT molecular complexity index is 284. The summed E-state index contributed by atoms with van der Waals surface area (Å²) in [5.74, 6) is 3.03. The number of unbranched alkanes of at least 4 members (excludes halogenated alkanes) is 4. The predicted octanol–water partition coefficient (Wildman–Crippen LogP) is 6.90. The molecular weight excluding hydrogens is 280 g/mol. The third-order valence-electron chi connectivity index (χ3n) is 5.86. The van der Waals surface area contributed by atoms with Gasteiger partial charge < -0.3 is 5.11 Å². The van der Waals surface area contributed by atoms with E-state index in [1.54, 1.807) is 0 Å². The maximum Gasteiger partial charge on any atom is 0.0612 e. The smallest absolute Gasteiger partial charge is 0.0612 e. The van der Waals surface area contributed by atoms with Gasteiger partial charge in [0.25, 0.3) is 0 Å². The molecule has 0 heterocycles. The van der Waals surface area contributed by atoms with Crippen molar-refractivity contribution < 1.29 is 5.11 Å². The van der Waals surface area contributed by atoms with E-state index in [1.807, 2.05) is 6.08 Å². The number of rotatable bonds is 14. The first-order chi connectivity index (χ1) is 11.3. The maximum absolute atomic E-state index is 8.70. The van der Waals surface area contributed by atoms with E-state index in [0.29, 0.717) is 0 Å². The highest BCUT2D eigenvalue weighted by Crippen LogP contribution is 2.38. The SMILES string of the molecule is CCCCC(C)CCC[C@H]1CCC[C@@H]1CCCCC/C=C/CO. The summed E-state index contributed by atoms with van der Waals surface area (Å²) in [5.41, 5.74) is 0. The molecule has 0 amide bonds. The van der Waals surface area contributed by atoms with Gasteiger partial charge in [0.15, 0.2) is 0 Å². The van der Waals surface area contributed by atoms with Gasteiger partial charge in [-0.25, -0.2) is 0 Å². The lowest BCUT2D eigenvalue weighted by molar-refractivity contribution is 0.313. The Kier molecular flexibility index (Phi) is 12.7. The van der Waals surface area contributed by atoms with Crippen molar-refractivity contribution >= 4 is 0 Å². The highest BCUT2D eigenvalue weighted by Gasteiger charge is 2.26. The largest absolute Gasteiger partial charge is 0.392 e. The van der Waals surface area contributed by atoms with Crippen LogP contribution in [0, 0.1) is 17.8 Å². The van der Waals surface area contributed by atoms with Crippen molar-refractivity contribution in [2.45, 2.75) is 104 Å². The van der Waals surface area contributed by atoms with Crippen molar-refractivity contribution in [3.8, 4) is 0 Å². The van der Waals surface area contributed by atoms with Gasteiger partial charge in [0, 0.05) is 0 Å². The average Bonchev–Trinajstić information content (AvgIpc) is 2.99. The summed E-state index contributed by atoms with van der Waals surface area (Å²) in [6.45, 7) is 4.95. The van der Waals surface area contributed by atoms with Crippen molar-refractivity contribution in [1.82, 2.24) is 0 Å². The molecule has 1 N–H and O–H groups in total. The highest BCUT2D eigenvalue weighted by atomic mass is 16.2. The van der Waals surface area contributed by atoms with E-state index < -0.39 is 0 Å². The molecule has 1 aliphatic rings. The Balaban J connectivity index is 2.05. The summed E-state index contributed by atoms with van der Waals surface area (Å²) in [5, 5.41) is 8.70. The molecule has 0 aromatic carbocycles. The van der Waals surface area contributed by atoms with Gasteiger partial charge in [0.05, 0.1) is 6.61 Å². The molecule has 1 saturated carbocycles. The number of hydrogen-bond donors (Lipinski definition) is 1. The van der Waals surface area contributed by atoms with Crippen LogP contribution < -0.4 is 0 Å². The van der Waals surface area contributed by atoms with E-state index in [9.17, 15) is 0 Å². The second-order valence-corrected chi connectivity index (χ2v) is 7.92. The minimum Gasteiger partial charge on any atom is -0.392 e. The molecule has 1 rings (SSSR count). The monoisotopic (exact) mass is 322 g/mol. The predicted molar refractivity (Wildman–Crippen MR) is 103 cm³/mol. The molecule has 1 unspecified atom stereocenters. The number of allylic oxidation sites excluding steroid dienone is 1. The first-order valence-electron chi connectivity index (χ1n) is 10.5. The van der Waals surface area contributed by atoms with E-state index in [4.69, 9.17) is 5.11 Å². The van der Waals surface area contributed by atoms with Crippen molar-refractivity contribution in [3.63, 3.8) is 0 Å². The van der Waals surface area contributed by atoms with Crippen molar-refractivity contribution in [2.24, 2.45) is 17.8 Å². The van der Waals surface area contributed by atoms with Gasteiger partial charge in [0.2, 0.25) is 0 Å². The molecule has 3 atom stereocenters. The molecule has 0 spiro atoms.